The van der Waals surface area contributed by atoms with Crippen molar-refractivity contribution < 1.29 is 18.7 Å². The number of amides is 1. The summed E-state index contributed by atoms with van der Waals surface area (Å²) in [6.07, 6.45) is 2.87. The fraction of sp³-hybridized carbons (Fsp3) is 0.240. The highest BCUT2D eigenvalue weighted by atomic mass is 19.1. The lowest BCUT2D eigenvalue weighted by molar-refractivity contribution is -0.118. The number of halogens is 1. The first kappa shape index (κ1) is 22.2. The minimum atomic E-state index is -0.456. The summed E-state index contributed by atoms with van der Waals surface area (Å²) < 4.78 is 19.8. The van der Waals surface area contributed by atoms with Crippen molar-refractivity contribution in [2.75, 3.05) is 19.1 Å². The number of rotatable bonds is 8. The molecular formula is C25H25FN2O3. The number of aryl methyl sites for hydroxylation is 1. The summed E-state index contributed by atoms with van der Waals surface area (Å²) in [5.74, 6) is -0.0596. The second kappa shape index (κ2) is 9.98. The Kier molecular flexibility index (Phi) is 7.13. The smallest absolute Gasteiger partial charge is 0.226 e. The van der Waals surface area contributed by atoms with Crippen LogP contribution in [-0.4, -0.2) is 30.8 Å². The number of pyridine rings is 1. The number of aromatic nitrogens is 1. The van der Waals surface area contributed by atoms with Crippen molar-refractivity contribution in [2.45, 2.75) is 26.2 Å². The number of hydrogen-bond acceptors (Lipinski definition) is 4. The molecule has 1 amide bonds. The van der Waals surface area contributed by atoms with Gasteiger partial charge in [0, 0.05) is 49.0 Å². The van der Waals surface area contributed by atoms with Gasteiger partial charge in [0.05, 0.1) is 7.11 Å². The van der Waals surface area contributed by atoms with Crippen molar-refractivity contribution in [2.24, 2.45) is 0 Å². The summed E-state index contributed by atoms with van der Waals surface area (Å²) >= 11 is 0. The van der Waals surface area contributed by atoms with Crippen LogP contribution in [-0.2, 0) is 11.2 Å². The zero-order valence-corrected chi connectivity index (χ0v) is 17.9. The number of benzene rings is 2. The molecule has 160 valence electrons. The maximum atomic E-state index is 14.7. The number of anilines is 1. The summed E-state index contributed by atoms with van der Waals surface area (Å²) in [6.45, 7) is 1.80. The Morgan fingerprint density at radius 2 is 1.81 bits per heavy atom. The lowest BCUT2D eigenvalue weighted by atomic mass is 9.99. The Balaban J connectivity index is 1.68. The molecule has 0 saturated carbocycles. The van der Waals surface area contributed by atoms with Gasteiger partial charge in [-0.2, -0.15) is 0 Å². The van der Waals surface area contributed by atoms with Gasteiger partial charge < -0.3 is 9.64 Å². The summed E-state index contributed by atoms with van der Waals surface area (Å²) in [5, 5.41) is 0. The molecule has 0 spiro atoms. The van der Waals surface area contributed by atoms with Gasteiger partial charge in [-0.25, -0.2) is 9.37 Å². The van der Waals surface area contributed by atoms with E-state index in [-0.39, 0.29) is 18.1 Å². The molecule has 0 atom stereocenters. The van der Waals surface area contributed by atoms with E-state index < -0.39 is 5.82 Å². The van der Waals surface area contributed by atoms with E-state index >= 15 is 0 Å². The van der Waals surface area contributed by atoms with Crippen LogP contribution >= 0.6 is 0 Å². The Morgan fingerprint density at radius 3 is 2.39 bits per heavy atom. The number of nitrogens with zero attached hydrogens (tertiary/aromatic N) is 2. The lowest BCUT2D eigenvalue weighted by Gasteiger charge is -2.17. The molecule has 2 aromatic carbocycles. The minimum Gasteiger partial charge on any atom is -0.481 e. The number of Topliss-reactive ketones (excluding diaryl/α,β-unsaturated/α-hetero) is 1. The highest BCUT2D eigenvalue weighted by molar-refractivity contribution is 5.96. The minimum absolute atomic E-state index is 0.00668. The second-order valence-corrected chi connectivity index (χ2v) is 7.18. The highest BCUT2D eigenvalue weighted by Crippen LogP contribution is 2.27. The molecule has 0 N–H and O–H groups in total. The number of hydrogen-bond donors (Lipinski definition) is 0. The number of ether oxygens (including phenoxy) is 1. The van der Waals surface area contributed by atoms with E-state index in [9.17, 15) is 14.0 Å². The summed E-state index contributed by atoms with van der Waals surface area (Å²) in [4.78, 5) is 30.0. The molecule has 0 aliphatic rings. The molecule has 3 aromatic rings. The van der Waals surface area contributed by atoms with E-state index in [2.05, 4.69) is 4.98 Å². The van der Waals surface area contributed by atoms with Crippen LogP contribution in [0.3, 0.4) is 0 Å². The zero-order chi connectivity index (χ0) is 22.4. The molecule has 3 rings (SSSR count). The van der Waals surface area contributed by atoms with Gasteiger partial charge in [0.2, 0.25) is 11.8 Å². The van der Waals surface area contributed by atoms with E-state index in [0.29, 0.717) is 35.4 Å². The third kappa shape index (κ3) is 5.34. The quantitative estimate of drug-likeness (QED) is 0.477. The average Bonchev–Trinajstić information content (AvgIpc) is 2.81. The molecule has 0 aliphatic heterocycles. The van der Waals surface area contributed by atoms with Crippen LogP contribution in [0.5, 0.6) is 5.88 Å². The normalized spacial score (nSPS) is 10.6. The van der Waals surface area contributed by atoms with E-state index in [0.717, 1.165) is 11.3 Å². The summed E-state index contributed by atoms with van der Waals surface area (Å²) in [6, 6.07) is 15.3. The molecule has 0 aliphatic carbocycles. The molecule has 0 unspecified atom stereocenters. The van der Waals surface area contributed by atoms with E-state index in [1.807, 2.05) is 6.07 Å². The molecule has 31 heavy (non-hydrogen) atoms. The highest BCUT2D eigenvalue weighted by Gasteiger charge is 2.13. The topological polar surface area (TPSA) is 59.5 Å². The van der Waals surface area contributed by atoms with Crippen molar-refractivity contribution in [1.29, 1.82) is 0 Å². The maximum absolute atomic E-state index is 14.7. The molecule has 0 radical (unpaired) electrons. The maximum Gasteiger partial charge on any atom is 0.226 e. The van der Waals surface area contributed by atoms with Crippen LogP contribution in [0.15, 0.2) is 60.8 Å². The molecule has 0 bridgehead atoms. The molecular weight excluding hydrogens is 395 g/mol. The van der Waals surface area contributed by atoms with Crippen molar-refractivity contribution in [3.05, 3.63) is 77.7 Å². The van der Waals surface area contributed by atoms with Crippen LogP contribution < -0.4 is 9.64 Å². The summed E-state index contributed by atoms with van der Waals surface area (Å²) in [5.41, 5.74) is 3.09. The van der Waals surface area contributed by atoms with Gasteiger partial charge >= 0.3 is 0 Å². The lowest BCUT2D eigenvalue weighted by Crippen LogP contribution is -2.24. The van der Waals surface area contributed by atoms with Gasteiger partial charge in [-0.15, -0.1) is 0 Å². The molecule has 6 heteroatoms. The van der Waals surface area contributed by atoms with Crippen LogP contribution in [0, 0.1) is 5.82 Å². The van der Waals surface area contributed by atoms with Crippen molar-refractivity contribution in [3.8, 4) is 17.0 Å². The Bertz CT molecular complexity index is 1060. The SMILES string of the molecule is CCC(=O)N(C)c1ccc(-c2ccc(C(=O)CCc3ccc(OC)nc3)cc2F)cc1. The number of ketones is 1. The van der Waals surface area contributed by atoms with Gasteiger partial charge in [0.15, 0.2) is 5.78 Å². The first-order chi connectivity index (χ1) is 14.9. The predicted molar refractivity (Wildman–Crippen MR) is 119 cm³/mol. The number of carbonyl (C=O) groups excluding carboxylic acids is 2. The van der Waals surface area contributed by atoms with E-state index in [1.54, 1.807) is 74.6 Å². The fourth-order valence-corrected chi connectivity index (χ4v) is 3.25. The first-order valence-corrected chi connectivity index (χ1v) is 10.1. The van der Waals surface area contributed by atoms with Crippen molar-refractivity contribution >= 4 is 17.4 Å². The molecule has 0 saturated heterocycles. The standard InChI is InChI=1S/C25H25FN2O3/c1-4-25(30)28(2)20-10-7-18(8-11-20)21-12-9-19(15-22(21)26)23(29)13-5-17-6-14-24(31-3)27-16-17/h6-12,14-16H,4-5,13H2,1-3H3. The van der Waals surface area contributed by atoms with Crippen LogP contribution in [0.4, 0.5) is 10.1 Å². The third-order valence-corrected chi connectivity index (χ3v) is 5.18. The Hall–Kier alpha value is -3.54. The zero-order valence-electron chi connectivity index (χ0n) is 17.9. The fourth-order valence-electron chi connectivity index (χ4n) is 3.25. The van der Waals surface area contributed by atoms with Crippen LogP contribution in [0.2, 0.25) is 0 Å². The predicted octanol–water partition coefficient (Wildman–Crippen LogP) is 5.08. The number of carbonyl (C=O) groups is 2. The monoisotopic (exact) mass is 420 g/mol. The first-order valence-electron chi connectivity index (χ1n) is 10.1. The van der Waals surface area contributed by atoms with Gasteiger partial charge in [-0.1, -0.05) is 37.3 Å². The van der Waals surface area contributed by atoms with Gasteiger partial charge in [-0.3, -0.25) is 9.59 Å². The largest absolute Gasteiger partial charge is 0.481 e. The number of methoxy groups -OCH3 is 1. The average molecular weight is 420 g/mol. The third-order valence-electron chi connectivity index (χ3n) is 5.18. The molecule has 1 aromatic heterocycles. The summed E-state index contributed by atoms with van der Waals surface area (Å²) in [7, 11) is 3.26. The Labute approximate surface area is 181 Å². The van der Waals surface area contributed by atoms with Gasteiger partial charge in [0.1, 0.15) is 5.82 Å². The van der Waals surface area contributed by atoms with Crippen LogP contribution in [0.25, 0.3) is 11.1 Å². The van der Waals surface area contributed by atoms with Gasteiger partial charge in [0.25, 0.3) is 0 Å². The molecule has 1 heterocycles. The Morgan fingerprint density at radius 1 is 1.06 bits per heavy atom. The van der Waals surface area contributed by atoms with Crippen molar-refractivity contribution in [3.63, 3.8) is 0 Å². The van der Waals surface area contributed by atoms with Gasteiger partial charge in [-0.05, 0) is 35.7 Å². The molecule has 0 fully saturated rings. The molecule has 5 nitrogen and oxygen atoms in total. The van der Waals surface area contributed by atoms with E-state index in [4.69, 9.17) is 4.74 Å². The van der Waals surface area contributed by atoms with Crippen molar-refractivity contribution in [1.82, 2.24) is 4.98 Å². The second-order valence-electron chi connectivity index (χ2n) is 7.18. The van der Waals surface area contributed by atoms with E-state index in [1.165, 1.54) is 6.07 Å². The van der Waals surface area contributed by atoms with Crippen LogP contribution in [0.1, 0.15) is 35.7 Å².